The molecule has 1 aromatic heterocycles. The Bertz CT molecular complexity index is 839. The summed E-state index contributed by atoms with van der Waals surface area (Å²) in [6.45, 7) is 1.05. The van der Waals surface area contributed by atoms with Crippen LogP contribution in [0.1, 0.15) is 18.3 Å². The topological polar surface area (TPSA) is 91.9 Å². The third-order valence-corrected chi connectivity index (χ3v) is 3.26. The molecule has 2 aromatic rings. The predicted octanol–water partition coefficient (Wildman–Crippen LogP) is 1.43. The van der Waals surface area contributed by atoms with Crippen LogP contribution in [0.15, 0.2) is 16.9 Å². The highest BCUT2D eigenvalue weighted by atomic mass is 32.1. The molecule has 0 amide bonds. The second-order valence-electron chi connectivity index (χ2n) is 4.52. The maximum Gasteiger partial charge on any atom is 0.451 e. The number of thiocarbonyl (C=S) groups is 1. The van der Waals surface area contributed by atoms with Crippen LogP contribution >= 0.6 is 12.2 Å². The van der Waals surface area contributed by atoms with Crippen molar-refractivity contribution < 1.29 is 17.6 Å². The van der Waals surface area contributed by atoms with Crippen LogP contribution in [0.2, 0.25) is 0 Å². The van der Waals surface area contributed by atoms with Gasteiger partial charge in [0, 0.05) is 17.8 Å². The maximum absolute atomic E-state index is 14.1. The number of rotatable bonds is 3. The average Bonchev–Trinajstić information content (AvgIpc) is 2.77. The number of benzene rings is 1. The zero-order chi connectivity index (χ0) is 17.5. The summed E-state index contributed by atoms with van der Waals surface area (Å²) in [5.74, 6) is -2.46. The molecule has 0 aliphatic carbocycles. The van der Waals surface area contributed by atoms with Crippen molar-refractivity contribution in [1.29, 1.82) is 0 Å². The van der Waals surface area contributed by atoms with Gasteiger partial charge in [-0.2, -0.15) is 17.9 Å². The van der Waals surface area contributed by atoms with Crippen molar-refractivity contribution in [3.8, 4) is 5.69 Å². The highest BCUT2D eigenvalue weighted by molar-refractivity contribution is 7.80. The summed E-state index contributed by atoms with van der Waals surface area (Å²) in [5, 5.41) is 3.18. The number of anilines is 1. The molecular formula is C12H11F4N5OS. The Hall–Kier alpha value is -2.43. The first kappa shape index (κ1) is 16.9. The average molecular weight is 349 g/mol. The summed E-state index contributed by atoms with van der Waals surface area (Å²) >= 11 is 4.68. The lowest BCUT2D eigenvalue weighted by atomic mass is 10.1. The van der Waals surface area contributed by atoms with Gasteiger partial charge in [0.2, 0.25) is 5.82 Å². The monoisotopic (exact) mass is 349 g/mol. The fraction of sp³-hybridized carbons (Fsp3) is 0.250. The molecule has 1 heterocycles. The molecule has 0 spiro atoms. The van der Waals surface area contributed by atoms with E-state index in [2.05, 4.69) is 17.3 Å². The molecule has 6 nitrogen and oxygen atoms in total. The van der Waals surface area contributed by atoms with E-state index in [1.54, 1.807) is 0 Å². The molecule has 124 valence electrons. The van der Waals surface area contributed by atoms with Crippen LogP contribution in [0, 0.1) is 5.82 Å². The van der Waals surface area contributed by atoms with Crippen molar-refractivity contribution >= 4 is 22.9 Å². The molecule has 0 saturated carbocycles. The molecule has 1 aromatic carbocycles. The van der Waals surface area contributed by atoms with E-state index in [0.717, 1.165) is 12.1 Å². The van der Waals surface area contributed by atoms with Crippen LogP contribution in [-0.4, -0.2) is 19.3 Å². The van der Waals surface area contributed by atoms with Crippen molar-refractivity contribution in [2.24, 2.45) is 5.73 Å². The minimum Gasteiger partial charge on any atom is -0.398 e. The molecule has 0 saturated heterocycles. The van der Waals surface area contributed by atoms with E-state index in [0.29, 0.717) is 9.25 Å². The predicted molar refractivity (Wildman–Crippen MR) is 78.8 cm³/mol. The smallest absolute Gasteiger partial charge is 0.398 e. The van der Waals surface area contributed by atoms with Crippen LogP contribution in [0.25, 0.3) is 5.69 Å². The largest absolute Gasteiger partial charge is 0.451 e. The molecule has 0 fully saturated rings. The van der Waals surface area contributed by atoms with Gasteiger partial charge in [-0.1, -0.05) is 12.2 Å². The minimum absolute atomic E-state index is 0.0141. The van der Waals surface area contributed by atoms with Crippen LogP contribution in [0.4, 0.5) is 23.2 Å². The van der Waals surface area contributed by atoms with Gasteiger partial charge in [0.15, 0.2) is 0 Å². The Morgan fingerprint density at radius 1 is 1.39 bits per heavy atom. The number of aromatic nitrogens is 3. The van der Waals surface area contributed by atoms with Crippen molar-refractivity contribution in [2.75, 3.05) is 5.73 Å². The maximum atomic E-state index is 14.1. The lowest BCUT2D eigenvalue weighted by Gasteiger charge is -2.08. The van der Waals surface area contributed by atoms with Crippen molar-refractivity contribution in [3.63, 3.8) is 0 Å². The quantitative estimate of drug-likeness (QED) is 0.497. The van der Waals surface area contributed by atoms with E-state index in [4.69, 9.17) is 11.5 Å². The second kappa shape index (κ2) is 5.65. The zero-order valence-electron chi connectivity index (χ0n) is 11.7. The van der Waals surface area contributed by atoms with Gasteiger partial charge in [-0.3, -0.25) is 4.57 Å². The van der Waals surface area contributed by atoms with E-state index in [9.17, 15) is 22.4 Å². The van der Waals surface area contributed by atoms with Gasteiger partial charge in [0.1, 0.15) is 16.5 Å². The fourth-order valence-electron chi connectivity index (χ4n) is 2.00. The second-order valence-corrected chi connectivity index (χ2v) is 4.95. The third kappa shape index (κ3) is 2.91. The van der Waals surface area contributed by atoms with Crippen LogP contribution in [0.5, 0.6) is 0 Å². The highest BCUT2D eigenvalue weighted by Crippen LogP contribution is 2.28. The SMILES string of the molecule is CCn1c(C(F)(F)F)nn(-c2cc(N)c(C(N)=S)cc2F)c1=O. The number of halogens is 4. The van der Waals surface area contributed by atoms with Crippen LogP contribution < -0.4 is 17.2 Å². The molecular weight excluding hydrogens is 338 g/mol. The molecule has 0 aliphatic rings. The van der Waals surface area contributed by atoms with Gasteiger partial charge >= 0.3 is 11.9 Å². The van der Waals surface area contributed by atoms with E-state index in [1.807, 2.05) is 0 Å². The summed E-state index contributed by atoms with van der Waals surface area (Å²) in [6.07, 6.45) is -4.86. The summed E-state index contributed by atoms with van der Waals surface area (Å²) in [4.78, 5) is 11.9. The Morgan fingerprint density at radius 3 is 2.43 bits per heavy atom. The van der Waals surface area contributed by atoms with Gasteiger partial charge in [0.05, 0.1) is 0 Å². The normalized spacial score (nSPS) is 11.7. The first-order chi connectivity index (χ1) is 10.6. The van der Waals surface area contributed by atoms with Crippen molar-refractivity contribution in [3.05, 3.63) is 39.8 Å². The summed E-state index contributed by atoms with van der Waals surface area (Å²) in [7, 11) is 0. The number of nitrogens with zero attached hydrogens (tertiary/aromatic N) is 3. The fourth-order valence-corrected chi connectivity index (χ4v) is 2.18. The number of nitrogen functional groups attached to an aromatic ring is 1. The van der Waals surface area contributed by atoms with Crippen LogP contribution in [0.3, 0.4) is 0 Å². The van der Waals surface area contributed by atoms with Crippen molar-refractivity contribution in [2.45, 2.75) is 19.6 Å². The highest BCUT2D eigenvalue weighted by Gasteiger charge is 2.39. The van der Waals surface area contributed by atoms with E-state index < -0.39 is 29.2 Å². The molecule has 0 unspecified atom stereocenters. The van der Waals surface area contributed by atoms with Gasteiger partial charge in [-0.25, -0.2) is 9.18 Å². The summed E-state index contributed by atoms with van der Waals surface area (Å²) < 4.78 is 53.5. The van der Waals surface area contributed by atoms with Gasteiger partial charge in [0.25, 0.3) is 0 Å². The zero-order valence-corrected chi connectivity index (χ0v) is 12.5. The lowest BCUT2D eigenvalue weighted by Crippen LogP contribution is -2.26. The molecule has 11 heteroatoms. The Kier molecular flexibility index (Phi) is 4.16. The van der Waals surface area contributed by atoms with Gasteiger partial charge in [-0.15, -0.1) is 5.10 Å². The lowest BCUT2D eigenvalue weighted by molar-refractivity contribution is -0.147. The van der Waals surface area contributed by atoms with Gasteiger partial charge < -0.3 is 11.5 Å². The molecule has 0 bridgehead atoms. The number of hydrogen-bond acceptors (Lipinski definition) is 4. The molecule has 0 atom stereocenters. The first-order valence-corrected chi connectivity index (χ1v) is 6.65. The van der Waals surface area contributed by atoms with E-state index in [1.165, 1.54) is 6.92 Å². The number of nitrogens with two attached hydrogens (primary N) is 2. The Labute approximate surface area is 132 Å². The number of alkyl halides is 3. The van der Waals surface area contributed by atoms with Crippen molar-refractivity contribution in [1.82, 2.24) is 14.3 Å². The summed E-state index contributed by atoms with van der Waals surface area (Å²) in [6, 6.07) is 1.80. The standard InChI is InChI=1S/C12H11F4N5OS/c1-2-20-10(12(14,15)16)19-21(11(20)22)8-4-7(17)5(9(18)23)3-6(8)13/h3-4H,2,17H2,1H3,(H2,18,23). The van der Waals surface area contributed by atoms with Gasteiger partial charge in [-0.05, 0) is 19.1 Å². The minimum atomic E-state index is -4.86. The molecule has 0 radical (unpaired) electrons. The van der Waals surface area contributed by atoms with Crippen LogP contribution in [-0.2, 0) is 12.7 Å². The Balaban J connectivity index is 2.74. The summed E-state index contributed by atoms with van der Waals surface area (Å²) in [5.41, 5.74) is 9.26. The molecule has 0 aliphatic heterocycles. The number of hydrogen-bond donors (Lipinski definition) is 2. The third-order valence-electron chi connectivity index (χ3n) is 3.04. The van der Waals surface area contributed by atoms with E-state index in [-0.39, 0.29) is 22.8 Å². The molecule has 4 N–H and O–H groups in total. The Morgan fingerprint density at radius 2 is 2.00 bits per heavy atom. The van der Waals surface area contributed by atoms with E-state index >= 15 is 0 Å². The molecule has 23 heavy (non-hydrogen) atoms. The first-order valence-electron chi connectivity index (χ1n) is 6.24. The molecule has 2 rings (SSSR count).